The van der Waals surface area contributed by atoms with Crippen molar-refractivity contribution in [2.45, 2.75) is 77.6 Å². The van der Waals surface area contributed by atoms with Crippen LogP contribution in [0, 0.1) is 29.1 Å². The van der Waals surface area contributed by atoms with Gasteiger partial charge in [-0.2, -0.15) is 0 Å². The lowest BCUT2D eigenvalue weighted by molar-refractivity contribution is -0.135. The number of piperidine rings is 1. The van der Waals surface area contributed by atoms with E-state index in [4.69, 9.17) is 0 Å². The minimum absolute atomic E-state index is 0.000851. The van der Waals surface area contributed by atoms with Crippen LogP contribution in [0.4, 0.5) is 0 Å². The van der Waals surface area contributed by atoms with Crippen LogP contribution in [-0.2, 0) is 9.59 Å². The molecule has 4 saturated carbocycles. The summed E-state index contributed by atoms with van der Waals surface area (Å²) in [5.41, 5.74) is 0.539. The normalized spacial score (nSPS) is 38.4. The van der Waals surface area contributed by atoms with Crippen molar-refractivity contribution in [1.29, 1.82) is 0 Å². The van der Waals surface area contributed by atoms with Gasteiger partial charge in [0.2, 0.25) is 11.8 Å². The zero-order valence-electron chi connectivity index (χ0n) is 16.5. The number of nitrogens with one attached hydrogen (secondary N) is 1. The first kappa shape index (κ1) is 18.3. The van der Waals surface area contributed by atoms with Crippen molar-refractivity contribution in [2.24, 2.45) is 29.1 Å². The minimum Gasteiger partial charge on any atom is -0.356 e. The fourth-order valence-corrected chi connectivity index (χ4v) is 6.98. The molecule has 4 aliphatic carbocycles. The van der Waals surface area contributed by atoms with Crippen LogP contribution in [0.3, 0.4) is 0 Å². The maximum atomic E-state index is 12.7. The van der Waals surface area contributed by atoms with Crippen LogP contribution in [0.25, 0.3) is 0 Å². The molecule has 1 saturated heterocycles. The molecule has 1 aliphatic heterocycles. The smallest absolute Gasteiger partial charge is 0.224 e. The first-order valence-electron chi connectivity index (χ1n) is 11.1. The molecule has 1 N–H and O–H groups in total. The van der Waals surface area contributed by atoms with Crippen molar-refractivity contribution in [2.75, 3.05) is 19.6 Å². The second-order valence-corrected chi connectivity index (χ2v) is 9.89. The summed E-state index contributed by atoms with van der Waals surface area (Å²) in [6, 6.07) is 0. The number of nitrogens with zero attached hydrogens (tertiary/aromatic N) is 1. The lowest BCUT2D eigenvalue weighted by Gasteiger charge is -2.57. The molecule has 2 amide bonds. The van der Waals surface area contributed by atoms with Crippen LogP contribution in [0.5, 0.6) is 0 Å². The van der Waals surface area contributed by atoms with Gasteiger partial charge in [-0.1, -0.05) is 6.92 Å². The molecule has 5 aliphatic rings. The topological polar surface area (TPSA) is 49.4 Å². The van der Waals surface area contributed by atoms with E-state index in [9.17, 15) is 9.59 Å². The van der Waals surface area contributed by atoms with Crippen LogP contribution < -0.4 is 5.32 Å². The maximum Gasteiger partial charge on any atom is 0.224 e. The summed E-state index contributed by atoms with van der Waals surface area (Å²) in [6.07, 6.45) is 13.2. The number of hydrogen-bond acceptors (Lipinski definition) is 2. The Morgan fingerprint density at radius 1 is 1.08 bits per heavy atom. The highest BCUT2D eigenvalue weighted by molar-refractivity contribution is 5.81. The third kappa shape index (κ3) is 3.80. The van der Waals surface area contributed by atoms with Gasteiger partial charge in [-0.25, -0.2) is 0 Å². The number of carbonyl (C=O) groups excluding carboxylic acids is 2. The van der Waals surface area contributed by atoms with Crippen molar-refractivity contribution >= 4 is 11.8 Å². The summed E-state index contributed by atoms with van der Waals surface area (Å²) >= 11 is 0. The average molecular weight is 361 g/mol. The standard InChI is InChI=1S/C22H36N2O2/c1-2-4-20(25)24-8-3-5-19(15-24)21(26)23-7-6-22-12-16-9-17(13-22)11-18(10-16)14-22/h16-19H,2-15H2,1H3,(H,23,26). The van der Waals surface area contributed by atoms with Gasteiger partial charge in [0.05, 0.1) is 5.92 Å². The van der Waals surface area contributed by atoms with Crippen LogP contribution >= 0.6 is 0 Å². The van der Waals surface area contributed by atoms with Crippen LogP contribution in [0.2, 0.25) is 0 Å². The molecule has 5 rings (SSSR count). The molecule has 5 fully saturated rings. The number of hydrogen-bond donors (Lipinski definition) is 1. The summed E-state index contributed by atoms with van der Waals surface area (Å²) < 4.78 is 0. The molecule has 0 spiro atoms. The lowest BCUT2D eigenvalue weighted by Crippen LogP contribution is -2.48. The van der Waals surface area contributed by atoms with E-state index in [1.165, 1.54) is 44.9 Å². The molecule has 26 heavy (non-hydrogen) atoms. The van der Waals surface area contributed by atoms with Crippen LogP contribution in [0.1, 0.15) is 77.6 Å². The Hall–Kier alpha value is -1.06. The number of likely N-dealkylation sites (tertiary alicyclic amines) is 1. The molecular weight excluding hydrogens is 324 g/mol. The molecule has 0 aromatic rings. The first-order valence-corrected chi connectivity index (χ1v) is 11.1. The number of rotatable bonds is 6. The molecule has 4 nitrogen and oxygen atoms in total. The highest BCUT2D eigenvalue weighted by atomic mass is 16.2. The van der Waals surface area contributed by atoms with Crippen LogP contribution in [0.15, 0.2) is 0 Å². The molecule has 1 atom stereocenters. The third-order valence-electron chi connectivity index (χ3n) is 7.73. The monoisotopic (exact) mass is 360 g/mol. The van der Waals surface area contributed by atoms with Crippen molar-refractivity contribution in [3.8, 4) is 0 Å². The van der Waals surface area contributed by atoms with Crippen molar-refractivity contribution in [3.63, 3.8) is 0 Å². The molecule has 0 aromatic heterocycles. The first-order chi connectivity index (χ1) is 12.6. The van der Waals surface area contributed by atoms with E-state index in [-0.39, 0.29) is 17.7 Å². The summed E-state index contributed by atoms with van der Waals surface area (Å²) in [5, 5.41) is 3.24. The zero-order chi connectivity index (χ0) is 18.1. The average Bonchev–Trinajstić information content (AvgIpc) is 2.60. The summed E-state index contributed by atoms with van der Waals surface area (Å²) in [5.74, 6) is 3.35. The van der Waals surface area contributed by atoms with E-state index in [2.05, 4.69) is 5.32 Å². The fraction of sp³-hybridized carbons (Fsp3) is 0.909. The third-order valence-corrected chi connectivity index (χ3v) is 7.73. The molecule has 1 heterocycles. The van der Waals surface area contributed by atoms with Gasteiger partial charge in [-0.15, -0.1) is 0 Å². The van der Waals surface area contributed by atoms with Crippen molar-refractivity contribution in [3.05, 3.63) is 0 Å². The second kappa shape index (κ2) is 7.52. The van der Waals surface area contributed by atoms with Gasteiger partial charge in [-0.3, -0.25) is 9.59 Å². The molecule has 4 bridgehead atoms. The Bertz CT molecular complexity index is 509. The van der Waals surface area contributed by atoms with Gasteiger partial charge in [0, 0.05) is 26.1 Å². The van der Waals surface area contributed by atoms with Gasteiger partial charge in [0.1, 0.15) is 0 Å². The Balaban J connectivity index is 1.25. The van der Waals surface area contributed by atoms with Gasteiger partial charge < -0.3 is 10.2 Å². The predicted octanol–water partition coefficient (Wildman–Crippen LogP) is 3.75. The van der Waals surface area contributed by atoms with Gasteiger partial charge in [0.15, 0.2) is 0 Å². The van der Waals surface area contributed by atoms with Crippen LogP contribution in [-0.4, -0.2) is 36.3 Å². The molecule has 146 valence electrons. The Kier molecular flexibility index (Phi) is 5.29. The Morgan fingerprint density at radius 2 is 1.73 bits per heavy atom. The summed E-state index contributed by atoms with van der Waals surface area (Å²) in [4.78, 5) is 26.7. The summed E-state index contributed by atoms with van der Waals surface area (Å²) in [6.45, 7) is 4.33. The highest BCUT2D eigenvalue weighted by Crippen LogP contribution is 2.61. The van der Waals surface area contributed by atoms with Gasteiger partial charge in [-0.05, 0) is 87.4 Å². The molecule has 1 unspecified atom stereocenters. The van der Waals surface area contributed by atoms with Gasteiger partial charge >= 0.3 is 0 Å². The quantitative estimate of drug-likeness (QED) is 0.784. The number of carbonyl (C=O) groups is 2. The number of amides is 2. The highest BCUT2D eigenvalue weighted by Gasteiger charge is 2.50. The van der Waals surface area contributed by atoms with Crippen molar-refractivity contribution in [1.82, 2.24) is 10.2 Å². The maximum absolute atomic E-state index is 12.7. The van der Waals surface area contributed by atoms with E-state index in [0.717, 1.165) is 50.1 Å². The van der Waals surface area contributed by atoms with E-state index in [1.54, 1.807) is 0 Å². The van der Waals surface area contributed by atoms with E-state index >= 15 is 0 Å². The minimum atomic E-state index is 0.000851. The zero-order valence-corrected chi connectivity index (χ0v) is 16.5. The predicted molar refractivity (Wildman–Crippen MR) is 102 cm³/mol. The van der Waals surface area contributed by atoms with E-state index in [1.807, 2.05) is 11.8 Å². The van der Waals surface area contributed by atoms with Crippen molar-refractivity contribution < 1.29 is 9.59 Å². The second-order valence-electron chi connectivity index (χ2n) is 9.89. The Labute approximate surface area is 158 Å². The lowest BCUT2D eigenvalue weighted by atomic mass is 9.49. The molecule has 0 aromatic carbocycles. The largest absolute Gasteiger partial charge is 0.356 e. The fourth-order valence-electron chi connectivity index (χ4n) is 6.98. The van der Waals surface area contributed by atoms with E-state index < -0.39 is 0 Å². The molecule has 0 radical (unpaired) electrons. The SMILES string of the molecule is CCCC(=O)N1CCCC(C(=O)NCCC23CC4CC(CC(C4)C2)C3)C1. The summed E-state index contributed by atoms with van der Waals surface area (Å²) in [7, 11) is 0. The van der Waals surface area contributed by atoms with E-state index in [0.29, 0.717) is 18.4 Å². The molecular formula is C22H36N2O2. The van der Waals surface area contributed by atoms with Gasteiger partial charge in [0.25, 0.3) is 0 Å². The Morgan fingerprint density at radius 3 is 2.35 bits per heavy atom. The molecule has 4 heteroatoms.